The Morgan fingerprint density at radius 3 is 2.28 bits per heavy atom. The fraction of sp³-hybridized carbons (Fsp3) is 0.138. The number of pyridine rings is 1. The van der Waals surface area contributed by atoms with Crippen molar-refractivity contribution in [2.75, 3.05) is 19.1 Å². The lowest BCUT2D eigenvalue weighted by Crippen LogP contribution is -2.40. The van der Waals surface area contributed by atoms with Crippen LogP contribution in [0.2, 0.25) is 0 Å². The van der Waals surface area contributed by atoms with Gasteiger partial charge in [-0.1, -0.05) is 36.4 Å². The van der Waals surface area contributed by atoms with Gasteiger partial charge in [-0.05, 0) is 41.5 Å². The third-order valence-corrected chi connectivity index (χ3v) is 6.17. The number of benzene rings is 2. The number of anilines is 1. The van der Waals surface area contributed by atoms with E-state index in [0.29, 0.717) is 23.4 Å². The van der Waals surface area contributed by atoms with Gasteiger partial charge in [0.1, 0.15) is 11.5 Å². The smallest absolute Gasteiger partial charge is 0.355 e. The highest BCUT2D eigenvalue weighted by atomic mass is 16.5. The van der Waals surface area contributed by atoms with Crippen molar-refractivity contribution in [1.29, 1.82) is 5.26 Å². The van der Waals surface area contributed by atoms with Crippen LogP contribution in [0.3, 0.4) is 0 Å². The molecule has 2 aromatic carbocycles. The van der Waals surface area contributed by atoms with Gasteiger partial charge >= 0.3 is 11.9 Å². The molecule has 3 aromatic rings. The first kappa shape index (κ1) is 26.6. The highest BCUT2D eigenvalue weighted by Gasteiger charge is 2.42. The molecular formula is C29H25N5O5. The molecule has 1 aliphatic rings. The van der Waals surface area contributed by atoms with Crippen LogP contribution < -0.4 is 16.0 Å². The van der Waals surface area contributed by atoms with Crippen LogP contribution in [0.1, 0.15) is 27.4 Å². The van der Waals surface area contributed by atoms with Crippen LogP contribution >= 0.6 is 0 Å². The van der Waals surface area contributed by atoms with Gasteiger partial charge in [-0.3, -0.25) is 14.7 Å². The maximum absolute atomic E-state index is 13.1. The van der Waals surface area contributed by atoms with Crippen molar-refractivity contribution in [2.24, 2.45) is 5.73 Å². The molecule has 4 rings (SSSR count). The molecule has 1 unspecified atom stereocenters. The lowest BCUT2D eigenvalue weighted by Gasteiger charge is -2.35. The average Bonchev–Trinajstić information content (AvgIpc) is 2.99. The Kier molecular flexibility index (Phi) is 8.02. The predicted molar refractivity (Wildman–Crippen MR) is 141 cm³/mol. The number of nitrogens with zero attached hydrogens (tertiary/aromatic N) is 3. The van der Waals surface area contributed by atoms with E-state index in [9.17, 15) is 19.6 Å². The van der Waals surface area contributed by atoms with E-state index in [1.165, 1.54) is 19.1 Å². The van der Waals surface area contributed by atoms with Crippen LogP contribution in [0, 0.1) is 11.3 Å². The monoisotopic (exact) mass is 523 g/mol. The molecule has 196 valence electrons. The second-order valence-corrected chi connectivity index (χ2v) is 8.43. The lowest BCUT2D eigenvalue weighted by atomic mass is 9.81. The van der Waals surface area contributed by atoms with Crippen molar-refractivity contribution in [3.8, 4) is 6.07 Å². The van der Waals surface area contributed by atoms with Gasteiger partial charge in [0.05, 0.1) is 37.4 Å². The van der Waals surface area contributed by atoms with E-state index in [4.69, 9.17) is 15.2 Å². The van der Waals surface area contributed by atoms with Gasteiger partial charge in [0, 0.05) is 30.2 Å². The molecule has 1 aliphatic heterocycles. The summed E-state index contributed by atoms with van der Waals surface area (Å²) < 4.78 is 10.1. The minimum absolute atomic E-state index is 0.0487. The number of hydrogen-bond acceptors (Lipinski definition) is 9. The maximum Gasteiger partial charge on any atom is 0.355 e. The fourth-order valence-corrected chi connectivity index (χ4v) is 4.33. The van der Waals surface area contributed by atoms with Gasteiger partial charge in [-0.25, -0.2) is 9.59 Å². The fourth-order valence-electron chi connectivity index (χ4n) is 4.33. The van der Waals surface area contributed by atoms with Crippen molar-refractivity contribution >= 4 is 23.5 Å². The number of hydrogen-bond donors (Lipinski definition) is 2. The SMILES string of the molecule is COC(=O)C1=C(C(=O)OC)N(c2ccc(C(=O)NCc3cccnc3)cc2)C(N)=C(C#N)C1c1ccccc1. The maximum atomic E-state index is 13.1. The summed E-state index contributed by atoms with van der Waals surface area (Å²) in [6.07, 6.45) is 3.30. The van der Waals surface area contributed by atoms with E-state index in [0.717, 1.165) is 5.56 Å². The molecule has 0 bridgehead atoms. The molecule has 2 heterocycles. The first-order valence-corrected chi connectivity index (χ1v) is 11.8. The number of methoxy groups -OCH3 is 2. The number of nitrogens with one attached hydrogen (secondary N) is 1. The van der Waals surface area contributed by atoms with E-state index < -0.39 is 17.9 Å². The second kappa shape index (κ2) is 11.7. The van der Waals surface area contributed by atoms with Gasteiger partial charge in [-0.15, -0.1) is 0 Å². The van der Waals surface area contributed by atoms with Crippen molar-refractivity contribution in [1.82, 2.24) is 10.3 Å². The minimum Gasteiger partial charge on any atom is -0.466 e. The van der Waals surface area contributed by atoms with E-state index in [1.807, 2.05) is 6.07 Å². The van der Waals surface area contributed by atoms with Gasteiger partial charge in [0.15, 0.2) is 0 Å². The van der Waals surface area contributed by atoms with Crippen molar-refractivity contribution in [2.45, 2.75) is 12.5 Å². The summed E-state index contributed by atoms with van der Waals surface area (Å²) in [5.74, 6) is -3.02. The number of nitrogens with two attached hydrogens (primary N) is 1. The molecule has 1 atom stereocenters. The summed E-state index contributed by atoms with van der Waals surface area (Å²) in [7, 11) is 2.36. The number of ether oxygens (including phenoxy) is 2. The third kappa shape index (κ3) is 5.33. The molecule has 1 aromatic heterocycles. The normalized spacial score (nSPS) is 14.9. The van der Waals surface area contributed by atoms with E-state index in [2.05, 4.69) is 16.4 Å². The predicted octanol–water partition coefficient (Wildman–Crippen LogP) is 2.91. The Bertz CT molecular complexity index is 1490. The van der Waals surface area contributed by atoms with Crippen LogP contribution in [0.4, 0.5) is 5.69 Å². The van der Waals surface area contributed by atoms with E-state index in [1.54, 1.807) is 73.1 Å². The van der Waals surface area contributed by atoms with E-state index >= 15 is 0 Å². The van der Waals surface area contributed by atoms with Gasteiger partial charge in [0.25, 0.3) is 5.91 Å². The van der Waals surface area contributed by atoms with Crippen LogP contribution in [-0.2, 0) is 25.6 Å². The van der Waals surface area contributed by atoms with Gasteiger partial charge in [0.2, 0.25) is 0 Å². The second-order valence-electron chi connectivity index (χ2n) is 8.43. The molecule has 0 spiro atoms. The summed E-state index contributed by atoms with van der Waals surface area (Å²) in [4.78, 5) is 44.2. The summed E-state index contributed by atoms with van der Waals surface area (Å²) in [5.41, 5.74) is 8.34. The van der Waals surface area contributed by atoms with Crippen LogP contribution in [-0.4, -0.2) is 37.0 Å². The summed E-state index contributed by atoms with van der Waals surface area (Å²) >= 11 is 0. The van der Waals surface area contributed by atoms with Crippen molar-refractivity contribution in [3.63, 3.8) is 0 Å². The summed E-state index contributed by atoms with van der Waals surface area (Å²) in [6, 6.07) is 20.7. The molecular weight excluding hydrogens is 498 g/mol. The highest BCUT2D eigenvalue weighted by molar-refractivity contribution is 6.06. The highest BCUT2D eigenvalue weighted by Crippen LogP contribution is 2.43. The number of esters is 2. The Hall–Kier alpha value is -5.43. The Labute approximate surface area is 225 Å². The topological polar surface area (TPSA) is 148 Å². The number of allylic oxidation sites excluding steroid dienone is 1. The zero-order valence-electron chi connectivity index (χ0n) is 21.3. The molecule has 0 saturated heterocycles. The number of carbonyl (C=O) groups excluding carboxylic acids is 3. The first-order valence-electron chi connectivity index (χ1n) is 11.8. The standard InChI is InChI=1S/C29H25N5O5/c1-38-28(36)24-23(19-8-4-3-5-9-19)22(15-30)26(31)34(25(24)29(37)39-2)21-12-10-20(11-13-21)27(35)33-17-18-7-6-14-32-16-18/h3-14,16,23H,17,31H2,1-2H3,(H,33,35). The zero-order valence-corrected chi connectivity index (χ0v) is 21.3. The van der Waals surface area contributed by atoms with Crippen molar-refractivity contribution < 1.29 is 23.9 Å². The Morgan fingerprint density at radius 2 is 1.69 bits per heavy atom. The molecule has 1 amide bonds. The Morgan fingerprint density at radius 1 is 1.00 bits per heavy atom. The molecule has 3 N–H and O–H groups in total. The lowest BCUT2D eigenvalue weighted by molar-refractivity contribution is -0.139. The molecule has 0 aliphatic carbocycles. The molecule has 10 nitrogen and oxygen atoms in total. The summed E-state index contributed by atoms with van der Waals surface area (Å²) in [6.45, 7) is 0.292. The molecule has 0 saturated carbocycles. The van der Waals surface area contributed by atoms with Gasteiger partial charge < -0.3 is 20.5 Å². The molecule has 39 heavy (non-hydrogen) atoms. The molecule has 0 radical (unpaired) electrons. The molecule has 10 heteroatoms. The quantitative estimate of drug-likeness (QED) is 0.446. The first-order chi connectivity index (χ1) is 18.9. The third-order valence-electron chi connectivity index (χ3n) is 6.17. The van der Waals surface area contributed by atoms with Crippen LogP contribution in [0.15, 0.2) is 102 Å². The van der Waals surface area contributed by atoms with E-state index in [-0.39, 0.29) is 28.6 Å². The Balaban J connectivity index is 1.78. The summed E-state index contributed by atoms with van der Waals surface area (Å²) in [5, 5.41) is 12.9. The van der Waals surface area contributed by atoms with Crippen LogP contribution in [0.5, 0.6) is 0 Å². The number of carbonyl (C=O) groups is 3. The largest absolute Gasteiger partial charge is 0.466 e. The zero-order chi connectivity index (χ0) is 27.9. The number of nitriles is 1. The van der Waals surface area contributed by atoms with Gasteiger partial charge in [-0.2, -0.15) is 5.26 Å². The minimum atomic E-state index is -0.966. The number of aromatic nitrogens is 1. The molecule has 0 fully saturated rings. The van der Waals surface area contributed by atoms with Crippen LogP contribution in [0.25, 0.3) is 0 Å². The number of rotatable bonds is 7. The van der Waals surface area contributed by atoms with Crippen molar-refractivity contribution in [3.05, 3.63) is 118 Å². The number of amides is 1. The average molecular weight is 524 g/mol.